The van der Waals surface area contributed by atoms with Gasteiger partial charge in [-0.3, -0.25) is 0 Å². The highest BCUT2D eigenvalue weighted by molar-refractivity contribution is 9.10. The molecule has 1 aliphatic rings. The van der Waals surface area contributed by atoms with Gasteiger partial charge in [0.1, 0.15) is 11.5 Å². The lowest BCUT2D eigenvalue weighted by atomic mass is 9.92. The number of fused-ring (bicyclic) bond motifs is 1. The highest BCUT2D eigenvalue weighted by Gasteiger charge is 2.11. The second-order valence-corrected chi connectivity index (χ2v) is 6.11. The van der Waals surface area contributed by atoms with Gasteiger partial charge in [0.15, 0.2) is 0 Å². The molecule has 0 bridgehead atoms. The van der Waals surface area contributed by atoms with Crippen LogP contribution in [-0.2, 0) is 19.4 Å². The maximum atomic E-state index is 6.02. The Labute approximate surface area is 128 Å². The van der Waals surface area contributed by atoms with Crippen molar-refractivity contribution in [3.63, 3.8) is 0 Å². The molecule has 1 aliphatic carbocycles. The van der Waals surface area contributed by atoms with Crippen LogP contribution in [0, 0.1) is 0 Å². The van der Waals surface area contributed by atoms with E-state index >= 15 is 0 Å². The highest BCUT2D eigenvalue weighted by atomic mass is 79.9. The van der Waals surface area contributed by atoms with Gasteiger partial charge in [-0.2, -0.15) is 0 Å². The number of ether oxygens (including phenoxy) is 1. The molecular formula is C17H18BrNO. The third-order valence-electron chi connectivity index (χ3n) is 3.79. The van der Waals surface area contributed by atoms with Crippen LogP contribution in [0.4, 0.5) is 0 Å². The molecule has 0 fully saturated rings. The Bertz CT molecular complexity index is 624. The van der Waals surface area contributed by atoms with Gasteiger partial charge in [-0.15, -0.1) is 0 Å². The van der Waals surface area contributed by atoms with Crippen molar-refractivity contribution in [1.82, 2.24) is 0 Å². The molecule has 0 atom stereocenters. The fraction of sp³-hybridized carbons (Fsp3) is 0.294. The molecular weight excluding hydrogens is 314 g/mol. The quantitative estimate of drug-likeness (QED) is 0.893. The van der Waals surface area contributed by atoms with Gasteiger partial charge in [-0.05, 0) is 67.1 Å². The fourth-order valence-electron chi connectivity index (χ4n) is 2.71. The lowest BCUT2D eigenvalue weighted by Crippen LogP contribution is -2.03. The summed E-state index contributed by atoms with van der Waals surface area (Å²) in [6.07, 6.45) is 4.94. The van der Waals surface area contributed by atoms with Crippen LogP contribution in [0.2, 0.25) is 0 Å². The Balaban J connectivity index is 1.87. The summed E-state index contributed by atoms with van der Waals surface area (Å²) < 4.78 is 7.04. The Hall–Kier alpha value is -1.32. The summed E-state index contributed by atoms with van der Waals surface area (Å²) in [5.41, 5.74) is 9.70. The van der Waals surface area contributed by atoms with Crippen LogP contribution < -0.4 is 10.5 Å². The molecule has 0 aromatic heterocycles. The van der Waals surface area contributed by atoms with E-state index in [1.807, 2.05) is 18.2 Å². The second-order valence-electron chi connectivity index (χ2n) is 5.20. The van der Waals surface area contributed by atoms with Crippen LogP contribution in [0.1, 0.15) is 29.5 Å². The highest BCUT2D eigenvalue weighted by Crippen LogP contribution is 2.31. The first-order chi connectivity index (χ1) is 9.76. The van der Waals surface area contributed by atoms with Crippen LogP contribution in [0.15, 0.2) is 40.9 Å². The average molecular weight is 332 g/mol. The zero-order valence-corrected chi connectivity index (χ0v) is 12.9. The molecule has 2 N–H and O–H groups in total. The number of rotatable bonds is 3. The minimum atomic E-state index is 0.472. The van der Waals surface area contributed by atoms with Gasteiger partial charge in [0.2, 0.25) is 0 Å². The topological polar surface area (TPSA) is 35.2 Å². The van der Waals surface area contributed by atoms with Crippen LogP contribution in [-0.4, -0.2) is 0 Å². The maximum Gasteiger partial charge on any atom is 0.131 e. The van der Waals surface area contributed by atoms with Gasteiger partial charge < -0.3 is 10.5 Å². The number of benzene rings is 2. The van der Waals surface area contributed by atoms with Gasteiger partial charge >= 0.3 is 0 Å². The van der Waals surface area contributed by atoms with Gasteiger partial charge in [-0.25, -0.2) is 0 Å². The van der Waals surface area contributed by atoms with Crippen molar-refractivity contribution in [3.8, 4) is 11.5 Å². The molecule has 2 aromatic rings. The van der Waals surface area contributed by atoms with Gasteiger partial charge in [0.25, 0.3) is 0 Å². The first kappa shape index (κ1) is 13.7. The summed E-state index contributed by atoms with van der Waals surface area (Å²) in [4.78, 5) is 0. The van der Waals surface area contributed by atoms with E-state index in [-0.39, 0.29) is 0 Å². The minimum absolute atomic E-state index is 0.472. The molecule has 3 rings (SSSR count). The van der Waals surface area contributed by atoms with Crippen molar-refractivity contribution < 1.29 is 4.74 Å². The van der Waals surface area contributed by atoms with Gasteiger partial charge in [-0.1, -0.05) is 22.0 Å². The van der Waals surface area contributed by atoms with Crippen LogP contribution >= 0.6 is 15.9 Å². The molecule has 2 aromatic carbocycles. The molecule has 3 heteroatoms. The maximum absolute atomic E-state index is 6.02. The van der Waals surface area contributed by atoms with Crippen LogP contribution in [0.25, 0.3) is 0 Å². The third kappa shape index (κ3) is 2.89. The predicted octanol–water partition coefficient (Wildman–Crippen LogP) is 4.58. The van der Waals surface area contributed by atoms with E-state index < -0.39 is 0 Å². The Kier molecular flexibility index (Phi) is 4.08. The van der Waals surface area contributed by atoms with Gasteiger partial charge in [0, 0.05) is 16.6 Å². The van der Waals surface area contributed by atoms with Crippen molar-refractivity contribution in [2.75, 3.05) is 0 Å². The normalized spacial score (nSPS) is 13.9. The first-order valence-electron chi connectivity index (χ1n) is 7.04. The fourth-order valence-corrected chi connectivity index (χ4v) is 3.12. The molecule has 0 saturated heterocycles. The molecule has 0 unspecified atom stereocenters. The largest absolute Gasteiger partial charge is 0.457 e. The number of nitrogens with two attached hydrogens (primary N) is 1. The summed E-state index contributed by atoms with van der Waals surface area (Å²) in [6.45, 7) is 0.472. The summed E-state index contributed by atoms with van der Waals surface area (Å²) in [6, 6.07) is 12.4. The number of aryl methyl sites for hydroxylation is 2. The molecule has 0 saturated carbocycles. The minimum Gasteiger partial charge on any atom is -0.457 e. The molecule has 0 spiro atoms. The van der Waals surface area contributed by atoms with E-state index in [2.05, 4.69) is 34.1 Å². The van der Waals surface area contributed by atoms with E-state index in [9.17, 15) is 0 Å². The van der Waals surface area contributed by atoms with Crippen LogP contribution in [0.3, 0.4) is 0 Å². The molecule has 0 aliphatic heterocycles. The number of hydrogen-bond donors (Lipinski definition) is 1. The summed E-state index contributed by atoms with van der Waals surface area (Å²) >= 11 is 3.46. The Morgan fingerprint density at radius 2 is 1.80 bits per heavy atom. The lowest BCUT2D eigenvalue weighted by molar-refractivity contribution is 0.474. The number of halogens is 1. The van der Waals surface area contributed by atoms with Crippen molar-refractivity contribution in [1.29, 1.82) is 0 Å². The molecule has 0 radical (unpaired) electrons. The third-order valence-corrected chi connectivity index (χ3v) is 4.28. The smallest absolute Gasteiger partial charge is 0.131 e. The SMILES string of the molecule is NCc1cc(Br)ccc1Oc1ccc2c(c1)CCCC2. The molecule has 0 heterocycles. The summed E-state index contributed by atoms with van der Waals surface area (Å²) in [5, 5.41) is 0. The average Bonchev–Trinajstić information content (AvgIpc) is 2.49. The molecule has 0 amide bonds. The van der Waals surface area contributed by atoms with E-state index in [1.54, 1.807) is 0 Å². The molecule has 20 heavy (non-hydrogen) atoms. The van der Waals surface area contributed by atoms with E-state index in [1.165, 1.54) is 30.4 Å². The summed E-state index contributed by atoms with van der Waals surface area (Å²) in [7, 11) is 0. The standard InChI is InChI=1S/C17H18BrNO/c18-15-6-8-17(14(9-15)11-19)20-16-7-5-12-3-1-2-4-13(12)10-16/h5-10H,1-4,11,19H2. The zero-order valence-electron chi connectivity index (χ0n) is 11.4. The van der Waals surface area contributed by atoms with Gasteiger partial charge in [0.05, 0.1) is 0 Å². The number of hydrogen-bond acceptors (Lipinski definition) is 2. The van der Waals surface area contributed by atoms with E-state index in [0.29, 0.717) is 6.54 Å². The lowest BCUT2D eigenvalue weighted by Gasteiger charge is -2.17. The Morgan fingerprint density at radius 1 is 1.00 bits per heavy atom. The zero-order chi connectivity index (χ0) is 13.9. The summed E-state index contributed by atoms with van der Waals surface area (Å²) in [5.74, 6) is 1.74. The van der Waals surface area contributed by atoms with Crippen molar-refractivity contribution in [3.05, 3.63) is 57.6 Å². The molecule has 104 valence electrons. The van der Waals surface area contributed by atoms with E-state index in [4.69, 9.17) is 10.5 Å². The molecule has 2 nitrogen and oxygen atoms in total. The van der Waals surface area contributed by atoms with E-state index in [0.717, 1.165) is 28.0 Å². The van der Waals surface area contributed by atoms with Crippen molar-refractivity contribution in [2.24, 2.45) is 5.73 Å². The van der Waals surface area contributed by atoms with Crippen molar-refractivity contribution >= 4 is 15.9 Å². The Morgan fingerprint density at radius 3 is 2.60 bits per heavy atom. The predicted molar refractivity (Wildman–Crippen MR) is 85.2 cm³/mol. The van der Waals surface area contributed by atoms with Crippen molar-refractivity contribution in [2.45, 2.75) is 32.2 Å². The monoisotopic (exact) mass is 331 g/mol. The second kappa shape index (κ2) is 5.98. The first-order valence-corrected chi connectivity index (χ1v) is 7.84. The van der Waals surface area contributed by atoms with Crippen LogP contribution in [0.5, 0.6) is 11.5 Å².